The summed E-state index contributed by atoms with van der Waals surface area (Å²) in [6.45, 7) is 3.94. The van der Waals surface area contributed by atoms with Crippen molar-refractivity contribution in [3.8, 4) is 0 Å². The van der Waals surface area contributed by atoms with E-state index in [-0.39, 0.29) is 11.9 Å². The van der Waals surface area contributed by atoms with Crippen LogP contribution in [0.1, 0.15) is 19.4 Å². The van der Waals surface area contributed by atoms with E-state index in [0.717, 1.165) is 17.8 Å². The summed E-state index contributed by atoms with van der Waals surface area (Å²) in [7, 11) is 0. The van der Waals surface area contributed by atoms with Crippen molar-refractivity contribution in [2.24, 2.45) is 0 Å². The van der Waals surface area contributed by atoms with Crippen molar-refractivity contribution in [3.63, 3.8) is 0 Å². The van der Waals surface area contributed by atoms with E-state index in [1.165, 1.54) is 5.56 Å². The summed E-state index contributed by atoms with van der Waals surface area (Å²) in [5.41, 5.74) is 2.93. The summed E-state index contributed by atoms with van der Waals surface area (Å²) in [4.78, 5) is 12.1. The SMILES string of the molecule is CCc1cccc(N[C@@H](C)C(=O)Nc2ccc(Cl)cc2)c1. The van der Waals surface area contributed by atoms with Crippen LogP contribution in [0.5, 0.6) is 0 Å². The lowest BCUT2D eigenvalue weighted by molar-refractivity contribution is -0.116. The van der Waals surface area contributed by atoms with Crippen molar-refractivity contribution in [1.29, 1.82) is 0 Å². The molecule has 0 spiro atoms. The maximum Gasteiger partial charge on any atom is 0.246 e. The maximum absolute atomic E-state index is 12.1. The molecule has 0 aliphatic rings. The third-order valence-corrected chi connectivity index (χ3v) is 3.48. The number of amides is 1. The smallest absolute Gasteiger partial charge is 0.246 e. The monoisotopic (exact) mass is 302 g/mol. The molecular weight excluding hydrogens is 284 g/mol. The van der Waals surface area contributed by atoms with Crippen LogP contribution in [-0.4, -0.2) is 11.9 Å². The summed E-state index contributed by atoms with van der Waals surface area (Å²) in [5.74, 6) is -0.0841. The van der Waals surface area contributed by atoms with Crippen LogP contribution in [0.25, 0.3) is 0 Å². The molecule has 21 heavy (non-hydrogen) atoms. The van der Waals surface area contributed by atoms with Crippen molar-refractivity contribution in [3.05, 3.63) is 59.1 Å². The highest BCUT2D eigenvalue weighted by Gasteiger charge is 2.12. The molecule has 2 rings (SSSR count). The number of anilines is 2. The summed E-state index contributed by atoms with van der Waals surface area (Å²) < 4.78 is 0. The summed E-state index contributed by atoms with van der Waals surface area (Å²) in [6.07, 6.45) is 0.973. The number of aryl methyl sites for hydroxylation is 1. The molecule has 0 heterocycles. The van der Waals surface area contributed by atoms with Gasteiger partial charge in [-0.1, -0.05) is 30.7 Å². The molecule has 0 bridgehead atoms. The van der Waals surface area contributed by atoms with E-state index in [0.29, 0.717) is 5.02 Å². The summed E-state index contributed by atoms with van der Waals surface area (Å²) in [6, 6.07) is 14.8. The van der Waals surface area contributed by atoms with E-state index in [4.69, 9.17) is 11.6 Å². The molecule has 0 saturated heterocycles. The lowest BCUT2D eigenvalue weighted by Crippen LogP contribution is -2.31. The molecular formula is C17H19ClN2O. The Morgan fingerprint density at radius 2 is 1.86 bits per heavy atom. The number of carbonyl (C=O) groups is 1. The molecule has 1 amide bonds. The lowest BCUT2D eigenvalue weighted by Gasteiger charge is -2.16. The number of nitrogens with one attached hydrogen (secondary N) is 2. The Balaban J connectivity index is 1.97. The topological polar surface area (TPSA) is 41.1 Å². The van der Waals surface area contributed by atoms with Crippen LogP contribution < -0.4 is 10.6 Å². The molecule has 1 atom stereocenters. The van der Waals surface area contributed by atoms with E-state index in [1.807, 2.05) is 19.1 Å². The van der Waals surface area contributed by atoms with Gasteiger partial charge < -0.3 is 10.6 Å². The fourth-order valence-electron chi connectivity index (χ4n) is 1.98. The molecule has 0 fully saturated rings. The molecule has 3 nitrogen and oxygen atoms in total. The Labute approximate surface area is 130 Å². The van der Waals surface area contributed by atoms with E-state index in [2.05, 4.69) is 29.7 Å². The van der Waals surface area contributed by atoms with Crippen LogP contribution in [0.2, 0.25) is 5.02 Å². The molecule has 2 N–H and O–H groups in total. The van der Waals surface area contributed by atoms with Crippen LogP contribution in [0.4, 0.5) is 11.4 Å². The molecule has 2 aromatic rings. The first-order valence-electron chi connectivity index (χ1n) is 7.00. The highest BCUT2D eigenvalue weighted by Crippen LogP contribution is 2.15. The average molecular weight is 303 g/mol. The minimum absolute atomic E-state index is 0.0841. The molecule has 110 valence electrons. The fraction of sp³-hybridized carbons (Fsp3) is 0.235. The molecule has 0 aliphatic carbocycles. The maximum atomic E-state index is 12.1. The van der Waals surface area contributed by atoms with Gasteiger partial charge in [0.05, 0.1) is 0 Å². The molecule has 2 aromatic carbocycles. The van der Waals surface area contributed by atoms with Crippen molar-refractivity contribution >= 4 is 28.9 Å². The minimum atomic E-state index is -0.326. The quantitative estimate of drug-likeness (QED) is 0.862. The van der Waals surface area contributed by atoms with Crippen LogP contribution in [-0.2, 0) is 11.2 Å². The van der Waals surface area contributed by atoms with Crippen molar-refractivity contribution in [2.75, 3.05) is 10.6 Å². The predicted molar refractivity (Wildman–Crippen MR) is 89.0 cm³/mol. The zero-order valence-electron chi connectivity index (χ0n) is 12.2. The van der Waals surface area contributed by atoms with Crippen molar-refractivity contribution in [2.45, 2.75) is 26.3 Å². The van der Waals surface area contributed by atoms with Crippen LogP contribution in [0.15, 0.2) is 48.5 Å². The normalized spacial score (nSPS) is 11.8. The van der Waals surface area contributed by atoms with Gasteiger partial charge in [0.25, 0.3) is 0 Å². The lowest BCUT2D eigenvalue weighted by atomic mass is 10.1. The standard InChI is InChI=1S/C17H19ClN2O/c1-3-13-5-4-6-16(11-13)19-12(2)17(21)20-15-9-7-14(18)8-10-15/h4-12,19H,3H2,1-2H3,(H,20,21)/t12-/m0/s1. The van der Waals surface area contributed by atoms with E-state index in [9.17, 15) is 4.79 Å². The minimum Gasteiger partial charge on any atom is -0.374 e. The molecule has 4 heteroatoms. The highest BCUT2D eigenvalue weighted by atomic mass is 35.5. The molecule has 0 aliphatic heterocycles. The second kappa shape index (κ2) is 7.14. The predicted octanol–water partition coefficient (Wildman–Crippen LogP) is 4.34. The number of carbonyl (C=O) groups excluding carboxylic acids is 1. The Hall–Kier alpha value is -2.00. The van der Waals surface area contributed by atoms with E-state index >= 15 is 0 Å². The van der Waals surface area contributed by atoms with Crippen LogP contribution >= 0.6 is 11.6 Å². The van der Waals surface area contributed by atoms with Crippen molar-refractivity contribution < 1.29 is 4.79 Å². The van der Waals surface area contributed by atoms with Gasteiger partial charge in [-0.2, -0.15) is 0 Å². The number of rotatable bonds is 5. The first-order valence-corrected chi connectivity index (χ1v) is 7.38. The third kappa shape index (κ3) is 4.50. The fourth-order valence-corrected chi connectivity index (χ4v) is 2.11. The number of hydrogen-bond acceptors (Lipinski definition) is 2. The van der Waals surface area contributed by atoms with Gasteiger partial charge in [0, 0.05) is 16.4 Å². The van der Waals surface area contributed by atoms with Gasteiger partial charge in [0.2, 0.25) is 5.91 Å². The van der Waals surface area contributed by atoms with Crippen LogP contribution in [0, 0.1) is 0 Å². The van der Waals surface area contributed by atoms with Gasteiger partial charge in [-0.3, -0.25) is 4.79 Å². The summed E-state index contributed by atoms with van der Waals surface area (Å²) >= 11 is 5.82. The first kappa shape index (κ1) is 15.4. The first-order chi connectivity index (χ1) is 10.1. The Morgan fingerprint density at radius 3 is 2.52 bits per heavy atom. The third-order valence-electron chi connectivity index (χ3n) is 3.22. The Bertz CT molecular complexity index is 610. The number of benzene rings is 2. The molecule has 0 unspecified atom stereocenters. The van der Waals surface area contributed by atoms with Gasteiger partial charge in [0.15, 0.2) is 0 Å². The van der Waals surface area contributed by atoms with E-state index in [1.54, 1.807) is 24.3 Å². The van der Waals surface area contributed by atoms with Gasteiger partial charge in [-0.15, -0.1) is 0 Å². The molecule has 0 radical (unpaired) electrons. The molecule has 0 saturated carbocycles. The summed E-state index contributed by atoms with van der Waals surface area (Å²) in [5, 5.41) is 6.72. The van der Waals surface area contributed by atoms with Crippen molar-refractivity contribution in [1.82, 2.24) is 0 Å². The van der Waals surface area contributed by atoms with E-state index < -0.39 is 0 Å². The van der Waals surface area contributed by atoms with Gasteiger partial charge >= 0.3 is 0 Å². The Kier molecular flexibility index (Phi) is 5.23. The van der Waals surface area contributed by atoms with Gasteiger partial charge in [0.1, 0.15) is 6.04 Å². The van der Waals surface area contributed by atoms with Gasteiger partial charge in [-0.25, -0.2) is 0 Å². The zero-order chi connectivity index (χ0) is 15.2. The Morgan fingerprint density at radius 1 is 1.14 bits per heavy atom. The average Bonchev–Trinajstić information content (AvgIpc) is 2.49. The number of hydrogen-bond donors (Lipinski definition) is 2. The van der Waals surface area contributed by atoms with Gasteiger partial charge in [-0.05, 0) is 55.3 Å². The number of halogens is 1. The molecule has 0 aromatic heterocycles. The zero-order valence-corrected chi connectivity index (χ0v) is 12.9. The highest BCUT2D eigenvalue weighted by molar-refractivity contribution is 6.30. The van der Waals surface area contributed by atoms with Crippen LogP contribution in [0.3, 0.4) is 0 Å². The second-order valence-corrected chi connectivity index (χ2v) is 5.35. The largest absolute Gasteiger partial charge is 0.374 e. The second-order valence-electron chi connectivity index (χ2n) is 4.92.